The molecule has 6 nitrogen and oxygen atoms in total. The minimum Gasteiger partial charge on any atom is -0.370 e. The molecule has 8 heteroatoms. The number of halogens is 1. The number of nitrogens with one attached hydrogen (secondary N) is 1. The van der Waals surface area contributed by atoms with Crippen LogP contribution in [0.3, 0.4) is 0 Å². The third-order valence-electron chi connectivity index (χ3n) is 5.02. The first-order chi connectivity index (χ1) is 14.7. The number of benzene rings is 2. The summed E-state index contributed by atoms with van der Waals surface area (Å²) >= 11 is 6.24. The predicted molar refractivity (Wildman–Crippen MR) is 132 cm³/mol. The molecule has 1 heterocycles. The zero-order valence-corrected chi connectivity index (χ0v) is 19.8. The van der Waals surface area contributed by atoms with E-state index in [0.29, 0.717) is 29.1 Å². The summed E-state index contributed by atoms with van der Waals surface area (Å²) in [5.41, 5.74) is 9.64. The topological polar surface area (TPSA) is 107 Å². The molecule has 2 aromatic carbocycles. The van der Waals surface area contributed by atoms with Crippen LogP contribution >= 0.6 is 11.6 Å². The Hall–Kier alpha value is -2.48. The number of nitrogen functional groups attached to an aromatic ring is 1. The highest BCUT2D eigenvalue weighted by Gasteiger charge is 2.14. The van der Waals surface area contributed by atoms with E-state index >= 15 is 0 Å². The van der Waals surface area contributed by atoms with Crippen molar-refractivity contribution in [2.24, 2.45) is 11.1 Å². The van der Waals surface area contributed by atoms with Gasteiger partial charge in [0.2, 0.25) is 5.95 Å². The minimum absolute atomic E-state index is 0.201. The number of anilines is 2. The fourth-order valence-corrected chi connectivity index (χ4v) is 5.60. The van der Waals surface area contributed by atoms with E-state index in [0.717, 1.165) is 33.7 Å². The maximum atomic E-state index is 12.7. The van der Waals surface area contributed by atoms with Crippen molar-refractivity contribution in [2.75, 3.05) is 23.3 Å². The summed E-state index contributed by atoms with van der Waals surface area (Å²) in [6.45, 7) is 6.67. The van der Waals surface area contributed by atoms with Crippen molar-refractivity contribution in [1.82, 2.24) is 9.97 Å². The lowest BCUT2D eigenvalue weighted by Gasteiger charge is -2.21. The molecule has 5 N–H and O–H groups in total. The van der Waals surface area contributed by atoms with Gasteiger partial charge in [0, 0.05) is 33.8 Å². The van der Waals surface area contributed by atoms with E-state index in [1.807, 2.05) is 69.3 Å². The van der Waals surface area contributed by atoms with Gasteiger partial charge in [-0.15, -0.1) is 0 Å². The average molecular weight is 460 g/mol. The number of nitrogens with two attached hydrogens (primary N) is 2. The summed E-state index contributed by atoms with van der Waals surface area (Å²) in [6, 6.07) is 15.3. The molecule has 0 spiro atoms. The van der Waals surface area contributed by atoms with E-state index in [1.165, 1.54) is 0 Å². The molecule has 31 heavy (non-hydrogen) atoms. The Bertz CT molecular complexity index is 1100. The number of thiol groups is 1. The van der Waals surface area contributed by atoms with Crippen molar-refractivity contribution in [3.05, 3.63) is 64.7 Å². The van der Waals surface area contributed by atoms with E-state index in [1.54, 1.807) is 0 Å². The second kappa shape index (κ2) is 9.77. The lowest BCUT2D eigenvalue weighted by atomic mass is 10.1. The predicted octanol–water partition coefficient (Wildman–Crippen LogP) is 4.25. The molecule has 0 unspecified atom stereocenters. The first-order valence-corrected chi connectivity index (χ1v) is 12.6. The van der Waals surface area contributed by atoms with Crippen LogP contribution in [0, 0.1) is 12.8 Å². The highest BCUT2D eigenvalue weighted by molar-refractivity contribution is 8.01. The van der Waals surface area contributed by atoms with E-state index in [9.17, 15) is 4.21 Å². The zero-order valence-electron chi connectivity index (χ0n) is 18.1. The van der Waals surface area contributed by atoms with Gasteiger partial charge in [-0.25, -0.2) is 4.98 Å². The molecule has 3 aromatic rings. The zero-order chi connectivity index (χ0) is 22.6. The van der Waals surface area contributed by atoms with Gasteiger partial charge in [-0.3, -0.25) is 9.35 Å². The number of nitrogens with zero attached hydrogens (tertiary/aromatic N) is 2. The van der Waals surface area contributed by atoms with Crippen LogP contribution in [0.4, 0.5) is 11.8 Å². The number of hydrogen-bond donors (Lipinski definition) is 4. The Kier molecular flexibility index (Phi) is 7.30. The molecule has 166 valence electrons. The summed E-state index contributed by atoms with van der Waals surface area (Å²) < 4.78 is 12.7. The summed E-state index contributed by atoms with van der Waals surface area (Å²) in [6.07, 6.45) is 0.773. The van der Waals surface area contributed by atoms with Crippen LogP contribution in [-0.2, 0) is 16.5 Å². The summed E-state index contributed by atoms with van der Waals surface area (Å²) in [4.78, 5) is 9.37. The Labute approximate surface area is 190 Å². The molecule has 3 rings (SSSR count). The Morgan fingerprint density at radius 1 is 1.13 bits per heavy atom. The van der Waals surface area contributed by atoms with Crippen LogP contribution in [0.25, 0.3) is 11.3 Å². The molecule has 0 aliphatic rings. The van der Waals surface area contributed by atoms with Gasteiger partial charge < -0.3 is 11.1 Å². The van der Waals surface area contributed by atoms with E-state index in [2.05, 4.69) is 15.3 Å². The lowest BCUT2D eigenvalue weighted by Crippen LogP contribution is -2.29. The van der Waals surface area contributed by atoms with Crippen molar-refractivity contribution >= 4 is 33.5 Å². The maximum absolute atomic E-state index is 12.7. The van der Waals surface area contributed by atoms with Gasteiger partial charge in [0.25, 0.3) is 0 Å². The van der Waals surface area contributed by atoms with Crippen molar-refractivity contribution < 1.29 is 4.21 Å². The quantitative estimate of drug-likeness (QED) is 0.377. The first-order valence-electron chi connectivity index (χ1n) is 10.3. The molecule has 0 saturated carbocycles. The van der Waals surface area contributed by atoms with Crippen molar-refractivity contribution in [3.8, 4) is 11.3 Å². The molecule has 0 radical (unpaired) electrons. The van der Waals surface area contributed by atoms with Crippen molar-refractivity contribution in [2.45, 2.75) is 32.1 Å². The third-order valence-corrected chi connectivity index (χ3v) is 7.87. The Balaban J connectivity index is 1.66. The number of rotatable bonds is 8. The van der Waals surface area contributed by atoms with Gasteiger partial charge in [-0.2, -0.15) is 4.98 Å². The molecule has 0 bridgehead atoms. The lowest BCUT2D eigenvalue weighted by molar-refractivity contribution is 0.651. The average Bonchev–Trinajstić information content (AvgIpc) is 2.69. The smallest absolute Gasteiger partial charge is 0.222 e. The van der Waals surface area contributed by atoms with Crippen molar-refractivity contribution in [3.63, 3.8) is 0 Å². The Morgan fingerprint density at radius 3 is 2.52 bits per heavy atom. The van der Waals surface area contributed by atoms with Gasteiger partial charge in [0.05, 0.1) is 5.69 Å². The SMILES string of the molecule is Cc1c(Cl)cccc1-c1cc(NCCc2ccc([SH](N)(=O)CC(C)C)cc2)nc(N)n1. The number of hydrogen-bond acceptors (Lipinski definition) is 5. The van der Waals surface area contributed by atoms with Gasteiger partial charge in [-0.1, -0.05) is 49.7 Å². The second-order valence-corrected chi connectivity index (χ2v) is 11.0. The van der Waals surface area contributed by atoms with E-state index in [-0.39, 0.29) is 5.95 Å². The fourth-order valence-electron chi connectivity index (χ4n) is 3.48. The first kappa shape index (κ1) is 23.2. The third kappa shape index (κ3) is 6.03. The summed E-state index contributed by atoms with van der Waals surface area (Å²) in [5, 5.41) is 10.1. The highest BCUT2D eigenvalue weighted by Crippen LogP contribution is 2.28. The molecular weight excluding hydrogens is 430 g/mol. The monoisotopic (exact) mass is 459 g/mol. The van der Waals surface area contributed by atoms with Gasteiger partial charge in [0.1, 0.15) is 5.82 Å². The molecule has 1 aromatic heterocycles. The molecule has 0 saturated heterocycles. The largest absolute Gasteiger partial charge is 0.370 e. The van der Waals surface area contributed by atoms with Crippen LogP contribution in [0.2, 0.25) is 5.02 Å². The van der Waals surface area contributed by atoms with Crippen molar-refractivity contribution in [1.29, 1.82) is 0 Å². The van der Waals surface area contributed by atoms with Crippen LogP contribution in [0.1, 0.15) is 25.0 Å². The fraction of sp³-hybridized carbons (Fsp3) is 0.304. The highest BCUT2D eigenvalue weighted by atomic mass is 35.5. The summed E-state index contributed by atoms with van der Waals surface area (Å²) in [7, 11) is -2.80. The van der Waals surface area contributed by atoms with E-state index < -0.39 is 10.1 Å². The van der Waals surface area contributed by atoms with Crippen LogP contribution in [-0.4, -0.2) is 26.5 Å². The van der Waals surface area contributed by atoms with Crippen LogP contribution in [0.5, 0.6) is 0 Å². The molecule has 0 fully saturated rings. The van der Waals surface area contributed by atoms with Crippen LogP contribution < -0.4 is 16.2 Å². The van der Waals surface area contributed by atoms with Crippen LogP contribution in [0.15, 0.2) is 53.4 Å². The van der Waals surface area contributed by atoms with Gasteiger partial charge in [-0.05, 0) is 58.7 Å². The molecule has 0 atom stereocenters. The molecule has 0 aliphatic heterocycles. The standard InChI is InChI=1S/C23H30ClN5OS/c1-15(2)14-31(26,30)18-9-7-17(8-10-18)11-12-27-22-13-21(28-23(25)29-22)19-5-4-6-20(24)16(19)3/h4-10,13,15,31H,11-12,14H2,1-3H3,(H2,26,30)(H3,25,27,28,29). The molecular formula is C23H30ClN5OS. The molecule has 0 aliphatic carbocycles. The van der Waals surface area contributed by atoms with E-state index in [4.69, 9.17) is 22.5 Å². The summed E-state index contributed by atoms with van der Waals surface area (Å²) in [5.74, 6) is 1.66. The normalized spacial score (nSPS) is 12.2. The second-order valence-electron chi connectivity index (χ2n) is 8.12. The van der Waals surface area contributed by atoms with Gasteiger partial charge >= 0.3 is 0 Å². The van der Waals surface area contributed by atoms with Gasteiger partial charge in [0.15, 0.2) is 0 Å². The molecule has 0 amide bonds. The number of aromatic nitrogens is 2. The minimum atomic E-state index is -2.80. The maximum Gasteiger partial charge on any atom is 0.222 e. The Morgan fingerprint density at radius 2 is 1.84 bits per heavy atom.